The summed E-state index contributed by atoms with van der Waals surface area (Å²) < 4.78 is 1.81. The summed E-state index contributed by atoms with van der Waals surface area (Å²) in [5.74, 6) is 0.818. The van der Waals surface area contributed by atoms with Crippen LogP contribution in [0.1, 0.15) is 39.4 Å². The number of unbranched alkanes of at least 4 members (excludes halogenated alkanes) is 1. The number of rotatable bonds is 8. The van der Waals surface area contributed by atoms with Gasteiger partial charge >= 0.3 is 0 Å². The van der Waals surface area contributed by atoms with Gasteiger partial charge in [0.25, 0.3) is 0 Å². The van der Waals surface area contributed by atoms with Crippen molar-refractivity contribution < 1.29 is 4.79 Å². The lowest BCUT2D eigenvalue weighted by Gasteiger charge is -2.16. The van der Waals surface area contributed by atoms with Crippen molar-refractivity contribution in [2.24, 2.45) is 0 Å². The van der Waals surface area contributed by atoms with Crippen molar-refractivity contribution in [3.05, 3.63) is 5.82 Å². The molecule has 0 aliphatic carbocycles. The number of carbonyl (C=O) groups is 1. The number of aromatic nitrogens is 4. The van der Waals surface area contributed by atoms with Gasteiger partial charge in [-0.25, -0.2) is 4.68 Å². The Balaban J connectivity index is 2.45. The second-order valence-corrected chi connectivity index (χ2v) is 5.07. The summed E-state index contributed by atoms with van der Waals surface area (Å²) >= 11 is 0. The van der Waals surface area contributed by atoms with E-state index in [-0.39, 0.29) is 11.9 Å². The maximum atomic E-state index is 11.6. The van der Waals surface area contributed by atoms with Crippen LogP contribution in [0.15, 0.2) is 0 Å². The number of aryl methyl sites for hydroxylation is 1. The molecule has 0 spiro atoms. The first kappa shape index (κ1) is 15.6. The normalized spacial score (nSPS) is 11.3. The molecule has 0 atom stereocenters. The average Bonchev–Trinajstić information content (AvgIpc) is 2.72. The highest BCUT2D eigenvalue weighted by Crippen LogP contribution is 2.00. The molecule has 7 heteroatoms. The lowest BCUT2D eigenvalue weighted by Crippen LogP contribution is -2.38. The number of nitrogens with zero attached hydrogens (tertiary/aromatic N) is 5. The maximum absolute atomic E-state index is 11.6. The van der Waals surface area contributed by atoms with Gasteiger partial charge in [0.1, 0.15) is 0 Å². The lowest BCUT2D eigenvalue weighted by atomic mass is 10.3. The largest absolute Gasteiger partial charge is 0.353 e. The zero-order valence-electron chi connectivity index (χ0n) is 12.3. The third-order valence-corrected chi connectivity index (χ3v) is 2.60. The molecule has 0 aliphatic rings. The van der Waals surface area contributed by atoms with Crippen molar-refractivity contribution in [2.45, 2.75) is 52.7 Å². The predicted molar refractivity (Wildman–Crippen MR) is 72.3 cm³/mol. The van der Waals surface area contributed by atoms with E-state index in [1.54, 1.807) is 4.68 Å². The first-order chi connectivity index (χ1) is 9.02. The number of tetrazole rings is 1. The highest BCUT2D eigenvalue weighted by molar-refractivity contribution is 5.78. The summed E-state index contributed by atoms with van der Waals surface area (Å²) in [5, 5.41) is 14.5. The first-order valence-corrected chi connectivity index (χ1v) is 6.75. The van der Waals surface area contributed by atoms with Gasteiger partial charge in [-0.05, 0) is 37.7 Å². The maximum Gasteiger partial charge on any atom is 0.234 e. The Morgan fingerprint density at radius 3 is 2.84 bits per heavy atom. The summed E-state index contributed by atoms with van der Waals surface area (Å²) in [6, 6.07) is 0.163. The molecule has 0 aliphatic heterocycles. The molecule has 19 heavy (non-hydrogen) atoms. The van der Waals surface area contributed by atoms with Gasteiger partial charge in [0, 0.05) is 12.6 Å². The number of carbonyl (C=O) groups excluding carboxylic acids is 1. The standard InChI is InChI=1S/C12H24N6O/c1-5-6-7-18-11(14-15-16-18)8-17(4)9-12(19)13-10(2)3/h10H,5-9H2,1-4H3,(H,13,19). The van der Waals surface area contributed by atoms with E-state index in [1.807, 2.05) is 25.8 Å². The molecule has 7 nitrogen and oxygen atoms in total. The Hall–Kier alpha value is -1.50. The molecule has 1 N–H and O–H groups in total. The summed E-state index contributed by atoms with van der Waals surface area (Å²) in [6.45, 7) is 7.77. The number of likely N-dealkylation sites (N-methyl/N-ethyl adjacent to an activating group) is 1. The monoisotopic (exact) mass is 268 g/mol. The molecule has 0 aromatic carbocycles. The van der Waals surface area contributed by atoms with Crippen LogP contribution in [0.4, 0.5) is 0 Å². The average molecular weight is 268 g/mol. The third-order valence-electron chi connectivity index (χ3n) is 2.60. The van der Waals surface area contributed by atoms with Crippen molar-refractivity contribution in [2.75, 3.05) is 13.6 Å². The number of hydrogen-bond donors (Lipinski definition) is 1. The van der Waals surface area contributed by atoms with Crippen LogP contribution in [-0.2, 0) is 17.9 Å². The van der Waals surface area contributed by atoms with Crippen LogP contribution in [0.25, 0.3) is 0 Å². The zero-order valence-corrected chi connectivity index (χ0v) is 12.3. The van der Waals surface area contributed by atoms with E-state index in [4.69, 9.17) is 0 Å². The minimum Gasteiger partial charge on any atom is -0.353 e. The second-order valence-electron chi connectivity index (χ2n) is 5.07. The van der Waals surface area contributed by atoms with E-state index in [1.165, 1.54) is 0 Å². The van der Waals surface area contributed by atoms with Crippen LogP contribution in [0.5, 0.6) is 0 Å². The molecule has 0 radical (unpaired) electrons. The quantitative estimate of drug-likeness (QED) is 0.740. The van der Waals surface area contributed by atoms with Crippen LogP contribution < -0.4 is 5.32 Å². The Labute approximate surface area is 114 Å². The van der Waals surface area contributed by atoms with Crippen molar-refractivity contribution >= 4 is 5.91 Å². The predicted octanol–water partition coefficient (Wildman–Crippen LogP) is 0.430. The van der Waals surface area contributed by atoms with E-state index in [0.29, 0.717) is 13.1 Å². The smallest absolute Gasteiger partial charge is 0.234 e. The van der Waals surface area contributed by atoms with E-state index in [0.717, 1.165) is 25.2 Å². The van der Waals surface area contributed by atoms with Crippen molar-refractivity contribution in [3.8, 4) is 0 Å². The molecule has 0 bridgehead atoms. The summed E-state index contributed by atoms with van der Waals surface area (Å²) in [7, 11) is 1.89. The molecule has 0 saturated carbocycles. The van der Waals surface area contributed by atoms with Crippen LogP contribution in [-0.4, -0.2) is 50.6 Å². The van der Waals surface area contributed by atoms with E-state index >= 15 is 0 Å². The highest BCUT2D eigenvalue weighted by Gasteiger charge is 2.12. The Morgan fingerprint density at radius 1 is 1.47 bits per heavy atom. The molecule has 1 amide bonds. The summed E-state index contributed by atoms with van der Waals surface area (Å²) in [6.07, 6.45) is 2.15. The van der Waals surface area contributed by atoms with Gasteiger partial charge < -0.3 is 5.32 Å². The molecule has 1 aromatic rings. The fraction of sp³-hybridized carbons (Fsp3) is 0.833. The highest BCUT2D eigenvalue weighted by atomic mass is 16.2. The SMILES string of the molecule is CCCCn1nnnc1CN(C)CC(=O)NC(C)C. The fourth-order valence-corrected chi connectivity index (χ4v) is 1.73. The Morgan fingerprint density at radius 2 is 2.21 bits per heavy atom. The molecule has 108 valence electrons. The van der Waals surface area contributed by atoms with Gasteiger partial charge in [0.15, 0.2) is 5.82 Å². The molecular weight excluding hydrogens is 244 g/mol. The van der Waals surface area contributed by atoms with E-state index < -0.39 is 0 Å². The topological polar surface area (TPSA) is 75.9 Å². The molecule has 0 fully saturated rings. The van der Waals surface area contributed by atoms with Gasteiger partial charge in [0.05, 0.1) is 13.1 Å². The molecule has 1 aromatic heterocycles. The van der Waals surface area contributed by atoms with Gasteiger partial charge in [-0.1, -0.05) is 13.3 Å². The number of nitrogens with one attached hydrogen (secondary N) is 1. The summed E-state index contributed by atoms with van der Waals surface area (Å²) in [4.78, 5) is 13.5. The van der Waals surface area contributed by atoms with Gasteiger partial charge in [-0.3, -0.25) is 9.69 Å². The zero-order chi connectivity index (χ0) is 14.3. The van der Waals surface area contributed by atoms with E-state index in [9.17, 15) is 4.79 Å². The minimum absolute atomic E-state index is 0.0186. The first-order valence-electron chi connectivity index (χ1n) is 6.75. The molecular formula is C12H24N6O. The van der Waals surface area contributed by atoms with Crippen LogP contribution >= 0.6 is 0 Å². The van der Waals surface area contributed by atoms with Crippen LogP contribution in [0.3, 0.4) is 0 Å². The third kappa shape index (κ3) is 5.78. The van der Waals surface area contributed by atoms with Crippen molar-refractivity contribution in [1.82, 2.24) is 30.4 Å². The Kier molecular flexibility index (Phi) is 6.41. The number of amides is 1. The lowest BCUT2D eigenvalue weighted by molar-refractivity contribution is -0.122. The molecule has 0 unspecified atom stereocenters. The minimum atomic E-state index is 0.0186. The van der Waals surface area contributed by atoms with Gasteiger partial charge in [-0.2, -0.15) is 0 Å². The van der Waals surface area contributed by atoms with E-state index in [2.05, 4.69) is 27.8 Å². The van der Waals surface area contributed by atoms with Gasteiger partial charge in [-0.15, -0.1) is 5.10 Å². The number of hydrogen-bond acceptors (Lipinski definition) is 5. The van der Waals surface area contributed by atoms with Crippen LogP contribution in [0.2, 0.25) is 0 Å². The fourth-order valence-electron chi connectivity index (χ4n) is 1.73. The summed E-state index contributed by atoms with van der Waals surface area (Å²) in [5.41, 5.74) is 0. The molecule has 0 saturated heterocycles. The van der Waals surface area contributed by atoms with Crippen molar-refractivity contribution in [3.63, 3.8) is 0 Å². The van der Waals surface area contributed by atoms with Crippen LogP contribution in [0, 0.1) is 0 Å². The molecule has 1 rings (SSSR count). The van der Waals surface area contributed by atoms with Gasteiger partial charge in [0.2, 0.25) is 5.91 Å². The Bertz CT molecular complexity index is 389. The molecule has 1 heterocycles. The van der Waals surface area contributed by atoms with Crippen molar-refractivity contribution in [1.29, 1.82) is 0 Å². The second kappa shape index (κ2) is 7.83.